The van der Waals surface area contributed by atoms with E-state index < -0.39 is 0 Å². The van der Waals surface area contributed by atoms with E-state index in [-0.39, 0.29) is 5.91 Å². The number of carbonyl (C=O) groups is 1. The summed E-state index contributed by atoms with van der Waals surface area (Å²) in [6, 6.07) is 16.4. The van der Waals surface area contributed by atoms with Crippen LogP contribution in [0.5, 0.6) is 5.75 Å². The molecule has 0 N–H and O–H groups in total. The van der Waals surface area contributed by atoms with E-state index in [0.717, 1.165) is 11.5 Å². The minimum absolute atomic E-state index is 0.101. The summed E-state index contributed by atoms with van der Waals surface area (Å²) in [5, 5.41) is 0. The van der Waals surface area contributed by atoms with E-state index in [1.165, 1.54) is 0 Å². The number of amides is 1. The molecule has 122 valence electrons. The van der Waals surface area contributed by atoms with Crippen LogP contribution in [-0.4, -0.2) is 22.9 Å². The van der Waals surface area contributed by atoms with Gasteiger partial charge in [0.25, 0.3) is 5.91 Å². The Labute approximate surface area is 140 Å². The molecule has 0 bridgehead atoms. The number of benzene rings is 1. The SMILES string of the molecule is COc1cccc(C(=O)N(Cc2ccccn2)Cc2ccco2)c1. The Morgan fingerprint density at radius 1 is 1.12 bits per heavy atom. The van der Waals surface area contributed by atoms with E-state index in [2.05, 4.69) is 4.98 Å². The minimum atomic E-state index is -0.101. The molecule has 0 aliphatic carbocycles. The lowest BCUT2D eigenvalue weighted by molar-refractivity contribution is 0.0715. The third-order valence-electron chi connectivity index (χ3n) is 3.61. The van der Waals surface area contributed by atoms with Gasteiger partial charge in [0.2, 0.25) is 0 Å². The lowest BCUT2D eigenvalue weighted by Crippen LogP contribution is -2.30. The summed E-state index contributed by atoms with van der Waals surface area (Å²) in [4.78, 5) is 19.0. The summed E-state index contributed by atoms with van der Waals surface area (Å²) in [6.45, 7) is 0.775. The fourth-order valence-corrected chi connectivity index (χ4v) is 2.42. The molecule has 0 aliphatic heterocycles. The number of hydrogen-bond acceptors (Lipinski definition) is 4. The molecule has 0 saturated heterocycles. The maximum atomic E-state index is 12.9. The molecule has 0 radical (unpaired) electrons. The second kappa shape index (κ2) is 7.46. The van der Waals surface area contributed by atoms with E-state index in [1.807, 2.05) is 36.4 Å². The van der Waals surface area contributed by atoms with E-state index in [1.54, 1.807) is 42.7 Å². The molecule has 1 amide bonds. The molecule has 24 heavy (non-hydrogen) atoms. The van der Waals surface area contributed by atoms with Crippen LogP contribution in [0.1, 0.15) is 21.8 Å². The highest BCUT2D eigenvalue weighted by Gasteiger charge is 2.18. The average Bonchev–Trinajstić information content (AvgIpc) is 3.14. The quantitative estimate of drug-likeness (QED) is 0.697. The van der Waals surface area contributed by atoms with Crippen molar-refractivity contribution in [2.45, 2.75) is 13.1 Å². The molecule has 0 atom stereocenters. The Balaban J connectivity index is 1.86. The van der Waals surface area contributed by atoms with Gasteiger partial charge < -0.3 is 14.1 Å². The van der Waals surface area contributed by atoms with Gasteiger partial charge in [-0.25, -0.2) is 0 Å². The van der Waals surface area contributed by atoms with Crippen LogP contribution in [0.2, 0.25) is 0 Å². The van der Waals surface area contributed by atoms with Gasteiger partial charge in [-0.05, 0) is 42.5 Å². The fourth-order valence-electron chi connectivity index (χ4n) is 2.42. The Kier molecular flexibility index (Phi) is 4.91. The van der Waals surface area contributed by atoms with Crippen molar-refractivity contribution in [2.24, 2.45) is 0 Å². The number of methoxy groups -OCH3 is 1. The molecular formula is C19H18N2O3. The lowest BCUT2D eigenvalue weighted by Gasteiger charge is -2.21. The molecule has 0 unspecified atom stereocenters. The van der Waals surface area contributed by atoms with Gasteiger partial charge in [0.05, 0.1) is 32.2 Å². The monoisotopic (exact) mass is 322 g/mol. The maximum Gasteiger partial charge on any atom is 0.254 e. The highest BCUT2D eigenvalue weighted by Crippen LogP contribution is 2.17. The minimum Gasteiger partial charge on any atom is -0.497 e. The number of nitrogens with zero attached hydrogens (tertiary/aromatic N) is 2. The van der Waals surface area contributed by atoms with Crippen LogP contribution >= 0.6 is 0 Å². The molecule has 0 saturated carbocycles. The van der Waals surface area contributed by atoms with Gasteiger partial charge in [-0.1, -0.05) is 12.1 Å². The van der Waals surface area contributed by atoms with Crippen molar-refractivity contribution in [1.29, 1.82) is 0 Å². The van der Waals surface area contributed by atoms with Crippen LogP contribution < -0.4 is 4.74 Å². The first kappa shape index (κ1) is 15.8. The highest BCUT2D eigenvalue weighted by molar-refractivity contribution is 5.94. The molecule has 1 aromatic carbocycles. The number of rotatable bonds is 6. The van der Waals surface area contributed by atoms with Crippen molar-refractivity contribution < 1.29 is 13.9 Å². The second-order valence-corrected chi connectivity index (χ2v) is 5.29. The predicted molar refractivity (Wildman–Crippen MR) is 89.5 cm³/mol. The predicted octanol–water partition coefficient (Wildman–Crippen LogP) is 3.53. The number of carbonyl (C=O) groups excluding carboxylic acids is 1. The Bertz CT molecular complexity index is 785. The summed E-state index contributed by atoms with van der Waals surface area (Å²) in [7, 11) is 1.58. The van der Waals surface area contributed by atoms with Gasteiger partial charge in [0.15, 0.2) is 0 Å². The third kappa shape index (κ3) is 3.81. The fraction of sp³-hybridized carbons (Fsp3) is 0.158. The molecule has 3 rings (SSSR count). The molecule has 0 spiro atoms. The van der Waals surface area contributed by atoms with Gasteiger partial charge in [0.1, 0.15) is 11.5 Å². The summed E-state index contributed by atoms with van der Waals surface area (Å²) in [5.41, 5.74) is 1.39. The summed E-state index contributed by atoms with van der Waals surface area (Å²) >= 11 is 0. The van der Waals surface area contributed by atoms with Crippen LogP contribution in [0.25, 0.3) is 0 Å². The van der Waals surface area contributed by atoms with Gasteiger partial charge in [-0.15, -0.1) is 0 Å². The normalized spacial score (nSPS) is 10.4. The first-order chi connectivity index (χ1) is 11.8. The van der Waals surface area contributed by atoms with E-state index in [9.17, 15) is 4.79 Å². The van der Waals surface area contributed by atoms with Crippen molar-refractivity contribution in [3.63, 3.8) is 0 Å². The zero-order valence-corrected chi connectivity index (χ0v) is 13.4. The van der Waals surface area contributed by atoms with Gasteiger partial charge in [-0.2, -0.15) is 0 Å². The lowest BCUT2D eigenvalue weighted by atomic mass is 10.1. The maximum absolute atomic E-state index is 12.9. The molecule has 0 aliphatic rings. The van der Waals surface area contributed by atoms with Gasteiger partial charge in [-0.3, -0.25) is 9.78 Å². The number of furan rings is 1. The molecule has 2 heterocycles. The number of pyridine rings is 1. The van der Waals surface area contributed by atoms with Crippen LogP contribution in [0.3, 0.4) is 0 Å². The largest absolute Gasteiger partial charge is 0.497 e. The second-order valence-electron chi connectivity index (χ2n) is 5.29. The van der Waals surface area contributed by atoms with Crippen molar-refractivity contribution in [3.05, 3.63) is 84.1 Å². The smallest absolute Gasteiger partial charge is 0.254 e. The van der Waals surface area contributed by atoms with Crippen molar-refractivity contribution in [1.82, 2.24) is 9.88 Å². The van der Waals surface area contributed by atoms with E-state index in [4.69, 9.17) is 9.15 Å². The van der Waals surface area contributed by atoms with Crippen molar-refractivity contribution >= 4 is 5.91 Å². The highest BCUT2D eigenvalue weighted by atomic mass is 16.5. The van der Waals surface area contributed by atoms with E-state index in [0.29, 0.717) is 24.4 Å². The molecule has 3 aromatic rings. The van der Waals surface area contributed by atoms with Crippen LogP contribution in [-0.2, 0) is 13.1 Å². The number of aromatic nitrogens is 1. The molecular weight excluding hydrogens is 304 g/mol. The van der Waals surface area contributed by atoms with Gasteiger partial charge >= 0.3 is 0 Å². The molecule has 2 aromatic heterocycles. The standard InChI is InChI=1S/C19H18N2O3/c1-23-17-8-4-6-15(12-17)19(22)21(14-18-9-5-11-24-18)13-16-7-2-3-10-20-16/h2-12H,13-14H2,1H3. The summed E-state index contributed by atoms with van der Waals surface area (Å²) in [6.07, 6.45) is 3.32. The van der Waals surface area contributed by atoms with Crippen molar-refractivity contribution in [3.8, 4) is 5.75 Å². The zero-order chi connectivity index (χ0) is 16.8. The summed E-state index contributed by atoms with van der Waals surface area (Å²) < 4.78 is 10.6. The van der Waals surface area contributed by atoms with Crippen molar-refractivity contribution in [2.75, 3.05) is 7.11 Å². The Hall–Kier alpha value is -3.08. The summed E-state index contributed by atoms with van der Waals surface area (Å²) in [5.74, 6) is 1.27. The van der Waals surface area contributed by atoms with Crippen LogP contribution in [0.15, 0.2) is 71.5 Å². The van der Waals surface area contributed by atoms with Gasteiger partial charge in [0, 0.05) is 11.8 Å². The first-order valence-electron chi connectivity index (χ1n) is 7.62. The first-order valence-corrected chi connectivity index (χ1v) is 7.62. The van der Waals surface area contributed by atoms with Crippen LogP contribution in [0, 0.1) is 0 Å². The van der Waals surface area contributed by atoms with Crippen LogP contribution in [0.4, 0.5) is 0 Å². The van der Waals surface area contributed by atoms with E-state index >= 15 is 0 Å². The topological polar surface area (TPSA) is 55.6 Å². The Morgan fingerprint density at radius 3 is 2.75 bits per heavy atom. The molecule has 0 fully saturated rings. The molecule has 5 nitrogen and oxygen atoms in total. The number of ether oxygens (including phenoxy) is 1. The molecule has 5 heteroatoms. The zero-order valence-electron chi connectivity index (χ0n) is 13.4. The Morgan fingerprint density at radius 2 is 2.04 bits per heavy atom. The average molecular weight is 322 g/mol. The number of hydrogen-bond donors (Lipinski definition) is 0. The third-order valence-corrected chi connectivity index (χ3v) is 3.61.